The van der Waals surface area contributed by atoms with E-state index in [2.05, 4.69) is 45.0 Å². The number of aromatic nitrogens is 1. The molecule has 1 heterocycles. The molecule has 29 heavy (non-hydrogen) atoms. The van der Waals surface area contributed by atoms with Crippen molar-refractivity contribution >= 4 is 38.3 Å². The number of hydrogen-bond acceptors (Lipinski definition) is 5. The lowest BCUT2D eigenvalue weighted by atomic mass is 10.1. The van der Waals surface area contributed by atoms with Crippen molar-refractivity contribution in [2.24, 2.45) is 0 Å². The van der Waals surface area contributed by atoms with Gasteiger partial charge in [-0.25, -0.2) is 4.98 Å². The minimum absolute atomic E-state index is 0.00231. The molecular formula is C23H30N4OS. The van der Waals surface area contributed by atoms with Crippen LogP contribution in [0.3, 0.4) is 0 Å². The molecule has 1 aromatic heterocycles. The largest absolute Gasteiger partial charge is 0.378 e. The molecule has 0 saturated heterocycles. The van der Waals surface area contributed by atoms with Crippen LogP contribution in [0.5, 0.6) is 0 Å². The fraction of sp³-hybridized carbons (Fsp3) is 0.391. The first kappa shape index (κ1) is 21.3. The number of carbonyl (C=O) groups excluding carboxylic acids is 1. The highest BCUT2D eigenvalue weighted by atomic mass is 32.1. The molecule has 1 amide bonds. The van der Waals surface area contributed by atoms with Gasteiger partial charge in [0.1, 0.15) is 0 Å². The van der Waals surface area contributed by atoms with E-state index in [1.165, 1.54) is 11.1 Å². The van der Waals surface area contributed by atoms with Crippen molar-refractivity contribution in [3.8, 4) is 0 Å². The molecule has 3 aromatic rings. The molecule has 0 unspecified atom stereocenters. The second-order valence-corrected chi connectivity index (χ2v) is 8.96. The molecule has 0 bridgehead atoms. The number of fused-ring (bicyclic) bond motifs is 1. The van der Waals surface area contributed by atoms with E-state index in [1.807, 2.05) is 48.2 Å². The van der Waals surface area contributed by atoms with Gasteiger partial charge < -0.3 is 9.80 Å². The van der Waals surface area contributed by atoms with Gasteiger partial charge in [0.05, 0.1) is 10.2 Å². The van der Waals surface area contributed by atoms with E-state index in [-0.39, 0.29) is 5.91 Å². The van der Waals surface area contributed by atoms with Crippen LogP contribution in [0.1, 0.15) is 27.9 Å². The molecule has 6 heteroatoms. The van der Waals surface area contributed by atoms with Gasteiger partial charge in [-0.05, 0) is 82.4 Å². The van der Waals surface area contributed by atoms with E-state index in [0.717, 1.165) is 34.0 Å². The van der Waals surface area contributed by atoms with Crippen molar-refractivity contribution in [1.82, 2.24) is 9.88 Å². The monoisotopic (exact) mass is 410 g/mol. The van der Waals surface area contributed by atoms with E-state index in [9.17, 15) is 4.79 Å². The molecule has 154 valence electrons. The molecule has 0 N–H and O–H groups in total. The first-order valence-electron chi connectivity index (χ1n) is 9.88. The summed E-state index contributed by atoms with van der Waals surface area (Å²) in [6.07, 6.45) is 0.891. The predicted molar refractivity (Wildman–Crippen MR) is 125 cm³/mol. The molecule has 0 aliphatic heterocycles. The van der Waals surface area contributed by atoms with Gasteiger partial charge in [0, 0.05) is 31.9 Å². The number of hydrogen-bond donors (Lipinski definition) is 0. The van der Waals surface area contributed by atoms with Crippen molar-refractivity contribution in [3.05, 3.63) is 53.1 Å². The molecule has 0 saturated carbocycles. The van der Waals surface area contributed by atoms with Crippen LogP contribution < -0.4 is 9.80 Å². The molecule has 0 aliphatic carbocycles. The zero-order chi connectivity index (χ0) is 21.1. The highest BCUT2D eigenvalue weighted by Gasteiger charge is 2.22. The Bertz CT molecular complexity index is 992. The van der Waals surface area contributed by atoms with Gasteiger partial charge in [-0.1, -0.05) is 17.4 Å². The van der Waals surface area contributed by atoms with Crippen molar-refractivity contribution in [2.75, 3.05) is 51.1 Å². The Hall–Kier alpha value is -2.44. The van der Waals surface area contributed by atoms with Crippen LogP contribution >= 0.6 is 11.3 Å². The Balaban J connectivity index is 1.95. The van der Waals surface area contributed by atoms with Crippen LogP contribution in [0.4, 0.5) is 10.8 Å². The number of anilines is 2. The van der Waals surface area contributed by atoms with Gasteiger partial charge in [0.25, 0.3) is 5.91 Å². The average Bonchev–Trinajstić information content (AvgIpc) is 3.08. The molecule has 2 aromatic carbocycles. The number of aryl methyl sites for hydroxylation is 2. The van der Waals surface area contributed by atoms with Crippen LogP contribution in [0.2, 0.25) is 0 Å². The van der Waals surface area contributed by atoms with E-state index in [1.54, 1.807) is 11.3 Å². The Kier molecular flexibility index (Phi) is 6.55. The van der Waals surface area contributed by atoms with Crippen LogP contribution in [0.15, 0.2) is 36.4 Å². The van der Waals surface area contributed by atoms with Gasteiger partial charge in [-0.2, -0.15) is 0 Å². The SMILES string of the molecule is Cc1cc(C)c2sc(N(CCCN(C)C)C(=O)c3ccc(N(C)C)cc3)nc2c1. The number of benzene rings is 2. The molecule has 0 radical (unpaired) electrons. The lowest BCUT2D eigenvalue weighted by Crippen LogP contribution is -2.33. The third kappa shape index (κ3) is 4.95. The first-order valence-corrected chi connectivity index (χ1v) is 10.7. The highest BCUT2D eigenvalue weighted by molar-refractivity contribution is 7.22. The zero-order valence-corrected chi connectivity index (χ0v) is 19.0. The van der Waals surface area contributed by atoms with Crippen molar-refractivity contribution in [1.29, 1.82) is 0 Å². The number of thiazole rings is 1. The number of amides is 1. The topological polar surface area (TPSA) is 39.7 Å². The Labute approximate surface area is 177 Å². The van der Waals surface area contributed by atoms with Gasteiger partial charge in [-0.15, -0.1) is 0 Å². The van der Waals surface area contributed by atoms with Crippen LogP contribution in [-0.2, 0) is 0 Å². The minimum atomic E-state index is 0.00231. The normalized spacial score (nSPS) is 11.3. The smallest absolute Gasteiger partial charge is 0.260 e. The maximum atomic E-state index is 13.4. The van der Waals surface area contributed by atoms with Crippen molar-refractivity contribution in [2.45, 2.75) is 20.3 Å². The fourth-order valence-corrected chi connectivity index (χ4v) is 4.41. The zero-order valence-electron chi connectivity index (χ0n) is 18.2. The molecule has 3 rings (SSSR count). The summed E-state index contributed by atoms with van der Waals surface area (Å²) < 4.78 is 1.15. The van der Waals surface area contributed by atoms with E-state index < -0.39 is 0 Å². The second kappa shape index (κ2) is 8.93. The molecule has 5 nitrogen and oxygen atoms in total. The summed E-state index contributed by atoms with van der Waals surface area (Å²) in [5.41, 5.74) is 5.13. The molecule has 0 fully saturated rings. The first-order chi connectivity index (χ1) is 13.8. The highest BCUT2D eigenvalue weighted by Crippen LogP contribution is 2.33. The van der Waals surface area contributed by atoms with Crippen LogP contribution in [0, 0.1) is 13.8 Å². The van der Waals surface area contributed by atoms with E-state index in [4.69, 9.17) is 4.98 Å². The van der Waals surface area contributed by atoms with E-state index >= 15 is 0 Å². The van der Waals surface area contributed by atoms with Gasteiger partial charge in [-0.3, -0.25) is 9.69 Å². The molecule has 0 aliphatic rings. The lowest BCUT2D eigenvalue weighted by Gasteiger charge is -2.21. The summed E-state index contributed by atoms with van der Waals surface area (Å²) in [4.78, 5) is 24.2. The van der Waals surface area contributed by atoms with Gasteiger partial charge in [0.15, 0.2) is 5.13 Å². The summed E-state index contributed by atoms with van der Waals surface area (Å²) in [6, 6.07) is 12.0. The maximum Gasteiger partial charge on any atom is 0.260 e. The Morgan fingerprint density at radius 1 is 1.00 bits per heavy atom. The molecular weight excluding hydrogens is 380 g/mol. The van der Waals surface area contributed by atoms with E-state index in [0.29, 0.717) is 12.1 Å². The number of carbonyl (C=O) groups is 1. The van der Waals surface area contributed by atoms with Crippen molar-refractivity contribution < 1.29 is 4.79 Å². The second-order valence-electron chi connectivity index (χ2n) is 7.98. The van der Waals surface area contributed by atoms with Gasteiger partial charge >= 0.3 is 0 Å². The number of rotatable bonds is 7. The standard InChI is InChI=1S/C23H30N4OS/c1-16-14-17(2)21-20(15-16)24-23(29-21)27(13-7-12-25(3)4)22(28)18-8-10-19(11-9-18)26(5)6/h8-11,14-15H,7,12-13H2,1-6H3. The maximum absolute atomic E-state index is 13.4. The molecule has 0 atom stereocenters. The summed E-state index contributed by atoms with van der Waals surface area (Å²) in [7, 11) is 8.09. The Morgan fingerprint density at radius 2 is 1.69 bits per heavy atom. The lowest BCUT2D eigenvalue weighted by molar-refractivity contribution is 0.0986. The quantitative estimate of drug-likeness (QED) is 0.572. The summed E-state index contributed by atoms with van der Waals surface area (Å²) in [5.74, 6) is 0.00231. The predicted octanol–water partition coefficient (Wildman–Crippen LogP) is 4.58. The molecule has 0 spiro atoms. The number of nitrogens with zero attached hydrogens (tertiary/aromatic N) is 4. The third-order valence-electron chi connectivity index (χ3n) is 4.90. The average molecular weight is 411 g/mol. The summed E-state index contributed by atoms with van der Waals surface area (Å²) >= 11 is 1.60. The third-order valence-corrected chi connectivity index (χ3v) is 6.13. The summed E-state index contributed by atoms with van der Waals surface area (Å²) in [5, 5.41) is 0.772. The summed E-state index contributed by atoms with van der Waals surface area (Å²) in [6.45, 7) is 5.75. The minimum Gasteiger partial charge on any atom is -0.378 e. The Morgan fingerprint density at radius 3 is 2.31 bits per heavy atom. The van der Waals surface area contributed by atoms with Crippen LogP contribution in [0.25, 0.3) is 10.2 Å². The fourth-order valence-electron chi connectivity index (χ4n) is 3.37. The van der Waals surface area contributed by atoms with Crippen molar-refractivity contribution in [3.63, 3.8) is 0 Å². The van der Waals surface area contributed by atoms with Gasteiger partial charge in [0.2, 0.25) is 0 Å². The van der Waals surface area contributed by atoms with Crippen LogP contribution in [-0.4, -0.2) is 57.1 Å².